The van der Waals surface area contributed by atoms with Gasteiger partial charge in [0.15, 0.2) is 0 Å². The highest BCUT2D eigenvalue weighted by Crippen LogP contribution is 2.15. The molecular weight excluding hydrogens is 331 g/mol. The normalized spacial score (nSPS) is 9.96. The molecule has 0 fully saturated rings. The number of nitrogens with zero attached hydrogens (tertiary/aromatic N) is 1. The average molecular weight is 353 g/mol. The molecule has 0 atom stereocenters. The molecule has 0 aliphatic rings. The van der Waals surface area contributed by atoms with E-state index in [9.17, 15) is 9.18 Å². The molecular formula is C18H22ClFN2O2. The Balaban J connectivity index is 0.00000288. The van der Waals surface area contributed by atoms with Gasteiger partial charge in [-0.05, 0) is 55.3 Å². The summed E-state index contributed by atoms with van der Waals surface area (Å²) < 4.78 is 18.3. The van der Waals surface area contributed by atoms with Crippen molar-refractivity contribution in [2.45, 2.75) is 13.3 Å². The Hall–Kier alpha value is -2.27. The minimum absolute atomic E-state index is 0. The molecule has 2 rings (SSSR count). The maximum Gasteiger partial charge on any atom is 0.253 e. The Kier molecular flexibility index (Phi) is 7.52. The quantitative estimate of drug-likeness (QED) is 0.637. The van der Waals surface area contributed by atoms with Gasteiger partial charge in [-0.25, -0.2) is 4.39 Å². The van der Waals surface area contributed by atoms with E-state index in [1.807, 2.05) is 13.0 Å². The van der Waals surface area contributed by atoms with Gasteiger partial charge < -0.3 is 15.4 Å². The predicted molar refractivity (Wildman–Crippen MR) is 96.3 cm³/mol. The van der Waals surface area contributed by atoms with Gasteiger partial charge in [0, 0.05) is 24.8 Å². The van der Waals surface area contributed by atoms with Crippen molar-refractivity contribution in [3.8, 4) is 5.75 Å². The fourth-order valence-electron chi connectivity index (χ4n) is 2.20. The standard InChI is InChI=1S/C18H21FN2O2.ClH/c1-13-4-7-15(20)12-17(13)18(22)21(2)10-3-11-23-16-8-5-14(19)6-9-16;/h4-9,12H,3,10-11,20H2,1-2H3;1H. The van der Waals surface area contributed by atoms with Crippen LogP contribution in [0.2, 0.25) is 0 Å². The fourth-order valence-corrected chi connectivity index (χ4v) is 2.20. The van der Waals surface area contributed by atoms with Crippen LogP contribution in [0.5, 0.6) is 5.75 Å². The second kappa shape index (κ2) is 9.13. The predicted octanol–water partition coefficient (Wildman–Crippen LogP) is 3.68. The lowest BCUT2D eigenvalue weighted by atomic mass is 10.1. The van der Waals surface area contributed by atoms with E-state index in [1.54, 1.807) is 36.2 Å². The summed E-state index contributed by atoms with van der Waals surface area (Å²) in [6, 6.07) is 11.2. The second-order valence-electron chi connectivity index (χ2n) is 5.46. The van der Waals surface area contributed by atoms with Crippen LogP contribution in [0.1, 0.15) is 22.3 Å². The van der Waals surface area contributed by atoms with E-state index in [-0.39, 0.29) is 24.1 Å². The largest absolute Gasteiger partial charge is 0.494 e. The summed E-state index contributed by atoms with van der Waals surface area (Å²) in [5, 5.41) is 0. The van der Waals surface area contributed by atoms with Crippen LogP contribution in [0.25, 0.3) is 0 Å². The molecule has 4 nitrogen and oxygen atoms in total. The zero-order chi connectivity index (χ0) is 16.8. The van der Waals surface area contributed by atoms with Crippen molar-refractivity contribution in [2.75, 3.05) is 25.9 Å². The first-order chi connectivity index (χ1) is 11.0. The van der Waals surface area contributed by atoms with Gasteiger partial charge in [-0.1, -0.05) is 6.07 Å². The first-order valence-corrected chi connectivity index (χ1v) is 7.47. The molecule has 2 aromatic rings. The van der Waals surface area contributed by atoms with Crippen molar-refractivity contribution in [1.82, 2.24) is 4.90 Å². The highest BCUT2D eigenvalue weighted by molar-refractivity contribution is 5.96. The van der Waals surface area contributed by atoms with Crippen molar-refractivity contribution in [1.29, 1.82) is 0 Å². The number of nitrogens with two attached hydrogens (primary N) is 1. The maximum atomic E-state index is 12.8. The summed E-state index contributed by atoms with van der Waals surface area (Å²) in [6.45, 7) is 2.91. The van der Waals surface area contributed by atoms with Gasteiger partial charge in [0.25, 0.3) is 5.91 Å². The molecule has 0 aliphatic heterocycles. The Morgan fingerprint density at radius 2 is 1.88 bits per heavy atom. The van der Waals surface area contributed by atoms with E-state index >= 15 is 0 Å². The molecule has 0 aromatic heterocycles. The van der Waals surface area contributed by atoms with Gasteiger partial charge in [0.05, 0.1) is 6.61 Å². The lowest BCUT2D eigenvalue weighted by Gasteiger charge is -2.18. The summed E-state index contributed by atoms with van der Waals surface area (Å²) >= 11 is 0. The van der Waals surface area contributed by atoms with Crippen molar-refractivity contribution in [2.24, 2.45) is 0 Å². The van der Waals surface area contributed by atoms with Crippen LogP contribution in [0.15, 0.2) is 42.5 Å². The number of aryl methyl sites for hydroxylation is 1. The van der Waals surface area contributed by atoms with Crippen LogP contribution in [-0.4, -0.2) is 31.0 Å². The second-order valence-corrected chi connectivity index (χ2v) is 5.46. The third-order valence-electron chi connectivity index (χ3n) is 3.56. The first-order valence-electron chi connectivity index (χ1n) is 7.47. The Labute approximate surface area is 147 Å². The Morgan fingerprint density at radius 1 is 1.21 bits per heavy atom. The minimum atomic E-state index is -0.291. The number of nitrogen functional groups attached to an aromatic ring is 1. The van der Waals surface area contributed by atoms with Gasteiger partial charge in [0.2, 0.25) is 0 Å². The van der Waals surface area contributed by atoms with E-state index in [0.717, 1.165) is 5.56 Å². The maximum absolute atomic E-state index is 12.8. The van der Waals surface area contributed by atoms with E-state index in [1.165, 1.54) is 12.1 Å². The number of hydrogen-bond acceptors (Lipinski definition) is 3. The molecule has 1 amide bonds. The molecule has 0 spiro atoms. The molecule has 0 aliphatic carbocycles. The molecule has 0 unspecified atom stereocenters. The molecule has 0 bridgehead atoms. The Bertz CT molecular complexity index is 677. The molecule has 6 heteroatoms. The SMILES string of the molecule is Cc1ccc(N)cc1C(=O)N(C)CCCOc1ccc(F)cc1.Cl. The van der Waals surface area contributed by atoms with Gasteiger partial charge >= 0.3 is 0 Å². The topological polar surface area (TPSA) is 55.6 Å². The van der Waals surface area contributed by atoms with E-state index < -0.39 is 0 Å². The molecule has 24 heavy (non-hydrogen) atoms. The molecule has 130 valence electrons. The van der Waals surface area contributed by atoms with Crippen LogP contribution in [0.3, 0.4) is 0 Å². The highest BCUT2D eigenvalue weighted by Gasteiger charge is 2.14. The third-order valence-corrected chi connectivity index (χ3v) is 3.56. The molecule has 2 N–H and O–H groups in total. The number of anilines is 1. The molecule has 0 radical (unpaired) electrons. The van der Waals surface area contributed by atoms with Gasteiger partial charge in [-0.2, -0.15) is 0 Å². The average Bonchev–Trinajstić information content (AvgIpc) is 2.54. The van der Waals surface area contributed by atoms with Gasteiger partial charge in [-0.15, -0.1) is 12.4 Å². The zero-order valence-corrected chi connectivity index (χ0v) is 14.6. The van der Waals surface area contributed by atoms with E-state index in [4.69, 9.17) is 10.5 Å². The van der Waals surface area contributed by atoms with Crippen molar-refractivity contribution in [3.63, 3.8) is 0 Å². The van der Waals surface area contributed by atoms with E-state index in [2.05, 4.69) is 0 Å². The fraction of sp³-hybridized carbons (Fsp3) is 0.278. The van der Waals surface area contributed by atoms with E-state index in [0.29, 0.717) is 36.6 Å². The summed E-state index contributed by atoms with van der Waals surface area (Å²) in [6.07, 6.45) is 0.682. The van der Waals surface area contributed by atoms with Crippen LogP contribution in [0, 0.1) is 12.7 Å². The molecule has 2 aromatic carbocycles. The monoisotopic (exact) mass is 352 g/mol. The van der Waals surface area contributed by atoms with Gasteiger partial charge in [0.1, 0.15) is 11.6 Å². The number of halogens is 2. The smallest absolute Gasteiger partial charge is 0.253 e. The van der Waals surface area contributed by atoms with Crippen LogP contribution in [-0.2, 0) is 0 Å². The summed E-state index contributed by atoms with van der Waals surface area (Å²) in [5.41, 5.74) is 7.84. The number of carbonyl (C=O) groups excluding carboxylic acids is 1. The van der Waals surface area contributed by atoms with Crippen LogP contribution < -0.4 is 10.5 Å². The van der Waals surface area contributed by atoms with Crippen molar-refractivity contribution < 1.29 is 13.9 Å². The highest BCUT2D eigenvalue weighted by atomic mass is 35.5. The lowest BCUT2D eigenvalue weighted by molar-refractivity contribution is 0.0787. The van der Waals surface area contributed by atoms with Crippen molar-refractivity contribution >= 4 is 24.0 Å². The van der Waals surface area contributed by atoms with Crippen LogP contribution >= 0.6 is 12.4 Å². The summed E-state index contributed by atoms with van der Waals surface area (Å²) in [4.78, 5) is 14.1. The number of benzene rings is 2. The number of amides is 1. The first kappa shape index (κ1) is 19.8. The molecule has 0 saturated heterocycles. The lowest BCUT2D eigenvalue weighted by Crippen LogP contribution is -2.29. The number of ether oxygens (including phenoxy) is 1. The third kappa shape index (κ3) is 5.42. The summed E-state index contributed by atoms with van der Waals surface area (Å²) in [5.74, 6) is 0.267. The number of rotatable bonds is 6. The van der Waals surface area contributed by atoms with Crippen LogP contribution in [0.4, 0.5) is 10.1 Å². The molecule has 0 heterocycles. The minimum Gasteiger partial charge on any atom is -0.494 e. The Morgan fingerprint density at radius 3 is 2.54 bits per heavy atom. The van der Waals surface area contributed by atoms with Gasteiger partial charge in [-0.3, -0.25) is 4.79 Å². The number of hydrogen-bond donors (Lipinski definition) is 1. The molecule has 0 saturated carbocycles. The number of carbonyl (C=O) groups is 1. The zero-order valence-electron chi connectivity index (χ0n) is 13.8. The van der Waals surface area contributed by atoms with Crippen molar-refractivity contribution in [3.05, 3.63) is 59.4 Å². The summed E-state index contributed by atoms with van der Waals surface area (Å²) in [7, 11) is 1.75.